The van der Waals surface area contributed by atoms with E-state index >= 15 is 0 Å². The molecular formula is C22H28N2O4. The van der Waals surface area contributed by atoms with E-state index in [0.717, 1.165) is 24.0 Å². The van der Waals surface area contributed by atoms with E-state index in [1.807, 2.05) is 13.8 Å². The summed E-state index contributed by atoms with van der Waals surface area (Å²) >= 11 is 0. The van der Waals surface area contributed by atoms with E-state index in [1.54, 1.807) is 12.1 Å². The molecule has 0 amide bonds. The van der Waals surface area contributed by atoms with Crippen LogP contribution in [0.4, 0.5) is 0 Å². The van der Waals surface area contributed by atoms with Gasteiger partial charge in [0.15, 0.2) is 11.9 Å². The lowest BCUT2D eigenvalue weighted by Crippen LogP contribution is -2.46. The largest absolute Gasteiger partial charge is 0.453 e. The highest BCUT2D eigenvalue weighted by molar-refractivity contribution is 5.74. The van der Waals surface area contributed by atoms with Gasteiger partial charge in [0, 0.05) is 5.92 Å². The third-order valence-corrected chi connectivity index (χ3v) is 6.27. The highest BCUT2D eigenvalue weighted by atomic mass is 16.6. The quantitative estimate of drug-likeness (QED) is 0.659. The van der Waals surface area contributed by atoms with Crippen molar-refractivity contribution in [1.29, 1.82) is 10.5 Å². The average molecular weight is 384 g/mol. The summed E-state index contributed by atoms with van der Waals surface area (Å²) in [6.45, 7) is 10.4. The molecule has 28 heavy (non-hydrogen) atoms. The first-order chi connectivity index (χ1) is 13.2. The van der Waals surface area contributed by atoms with Gasteiger partial charge in [-0.1, -0.05) is 33.8 Å². The van der Waals surface area contributed by atoms with Crippen LogP contribution in [0.15, 0.2) is 23.0 Å². The minimum Gasteiger partial charge on any atom is -0.453 e. The fourth-order valence-electron chi connectivity index (χ4n) is 4.31. The number of carbonyl (C=O) groups excluding carboxylic acids is 2. The van der Waals surface area contributed by atoms with Gasteiger partial charge in [-0.25, -0.2) is 0 Å². The van der Waals surface area contributed by atoms with E-state index in [9.17, 15) is 9.59 Å². The SMILES string of the molecule is CC1=C(OC(=O)CC#N)C(OC(=O)CC#N)C(C)C2(C)CCC(C(C)C)C=C12. The number of fused-ring (bicyclic) bond motifs is 1. The van der Waals surface area contributed by atoms with Crippen LogP contribution in [0.1, 0.15) is 60.3 Å². The van der Waals surface area contributed by atoms with Gasteiger partial charge in [-0.3, -0.25) is 9.59 Å². The maximum Gasteiger partial charge on any atom is 0.325 e. The Labute approximate surface area is 166 Å². The molecule has 2 rings (SSSR count). The van der Waals surface area contributed by atoms with E-state index in [0.29, 0.717) is 11.8 Å². The van der Waals surface area contributed by atoms with Gasteiger partial charge in [0.05, 0.1) is 12.1 Å². The summed E-state index contributed by atoms with van der Waals surface area (Å²) in [5, 5.41) is 17.6. The van der Waals surface area contributed by atoms with Crippen LogP contribution in [0.3, 0.4) is 0 Å². The molecule has 4 atom stereocenters. The summed E-state index contributed by atoms with van der Waals surface area (Å²) < 4.78 is 11.1. The van der Waals surface area contributed by atoms with E-state index in [2.05, 4.69) is 26.8 Å². The molecule has 2 aliphatic rings. The highest BCUT2D eigenvalue weighted by Crippen LogP contribution is 2.55. The van der Waals surface area contributed by atoms with Gasteiger partial charge in [-0.2, -0.15) is 10.5 Å². The van der Waals surface area contributed by atoms with Crippen molar-refractivity contribution in [2.75, 3.05) is 0 Å². The first-order valence-corrected chi connectivity index (χ1v) is 9.73. The molecule has 0 aromatic heterocycles. The number of hydrogen-bond donors (Lipinski definition) is 0. The number of hydrogen-bond acceptors (Lipinski definition) is 6. The molecule has 0 radical (unpaired) electrons. The second-order valence-electron chi connectivity index (χ2n) is 8.28. The van der Waals surface area contributed by atoms with Crippen LogP contribution in [0, 0.1) is 45.8 Å². The van der Waals surface area contributed by atoms with Crippen LogP contribution in [0.25, 0.3) is 0 Å². The molecule has 0 aromatic rings. The first-order valence-electron chi connectivity index (χ1n) is 9.73. The molecule has 4 unspecified atom stereocenters. The highest BCUT2D eigenvalue weighted by Gasteiger charge is 2.50. The standard InChI is InChI=1S/C22H28N2O4/c1-13(2)16-6-9-22(5)15(4)21(28-19(26)8-11-24)20(14(3)17(22)12-16)27-18(25)7-10-23/h12-13,15-16,21H,6-9H2,1-5H3. The van der Waals surface area contributed by atoms with Crippen LogP contribution in [0.2, 0.25) is 0 Å². The molecule has 0 saturated carbocycles. The monoisotopic (exact) mass is 384 g/mol. The molecule has 0 bridgehead atoms. The fraction of sp³-hybridized carbons (Fsp3) is 0.636. The van der Waals surface area contributed by atoms with Gasteiger partial charge in [-0.15, -0.1) is 0 Å². The number of ether oxygens (including phenoxy) is 2. The minimum absolute atomic E-state index is 0.136. The van der Waals surface area contributed by atoms with Gasteiger partial charge in [-0.05, 0) is 48.2 Å². The van der Waals surface area contributed by atoms with Crippen molar-refractivity contribution in [1.82, 2.24) is 0 Å². The summed E-state index contributed by atoms with van der Waals surface area (Å²) in [4.78, 5) is 24.1. The van der Waals surface area contributed by atoms with Crippen molar-refractivity contribution in [3.05, 3.63) is 23.0 Å². The van der Waals surface area contributed by atoms with Crippen molar-refractivity contribution < 1.29 is 19.1 Å². The van der Waals surface area contributed by atoms with Crippen LogP contribution >= 0.6 is 0 Å². The average Bonchev–Trinajstić information content (AvgIpc) is 2.63. The molecule has 150 valence electrons. The van der Waals surface area contributed by atoms with Gasteiger partial charge >= 0.3 is 11.9 Å². The van der Waals surface area contributed by atoms with E-state index in [-0.39, 0.29) is 29.9 Å². The normalized spacial score (nSPS) is 29.3. The molecule has 2 aliphatic carbocycles. The molecule has 0 saturated heterocycles. The molecule has 0 spiro atoms. The maximum absolute atomic E-state index is 12.1. The van der Waals surface area contributed by atoms with E-state index in [4.69, 9.17) is 20.0 Å². The molecule has 0 heterocycles. The zero-order chi connectivity index (χ0) is 21.1. The zero-order valence-corrected chi connectivity index (χ0v) is 17.2. The third kappa shape index (κ3) is 4.12. The summed E-state index contributed by atoms with van der Waals surface area (Å²) in [7, 11) is 0. The maximum atomic E-state index is 12.1. The van der Waals surface area contributed by atoms with Gasteiger partial charge < -0.3 is 9.47 Å². The van der Waals surface area contributed by atoms with E-state index < -0.39 is 18.0 Å². The Balaban J connectivity index is 2.55. The second-order valence-corrected chi connectivity index (χ2v) is 8.28. The van der Waals surface area contributed by atoms with Gasteiger partial charge in [0.2, 0.25) is 0 Å². The van der Waals surface area contributed by atoms with Gasteiger partial charge in [0.25, 0.3) is 0 Å². The number of allylic oxidation sites excluding steroid dienone is 3. The molecular weight excluding hydrogens is 356 g/mol. The predicted octanol–water partition coefficient (Wildman–Crippen LogP) is 4.19. The Kier molecular flexibility index (Phi) is 6.67. The summed E-state index contributed by atoms with van der Waals surface area (Å²) in [6.07, 6.45) is 2.74. The van der Waals surface area contributed by atoms with Crippen molar-refractivity contribution >= 4 is 11.9 Å². The summed E-state index contributed by atoms with van der Waals surface area (Å²) in [6, 6.07) is 3.57. The molecule has 0 fully saturated rings. The van der Waals surface area contributed by atoms with Crippen molar-refractivity contribution in [3.8, 4) is 12.1 Å². The number of esters is 2. The Morgan fingerprint density at radius 3 is 2.43 bits per heavy atom. The van der Waals surface area contributed by atoms with Crippen LogP contribution in [-0.2, 0) is 19.1 Å². The Hall–Kier alpha value is -2.60. The van der Waals surface area contributed by atoms with Crippen molar-refractivity contribution in [3.63, 3.8) is 0 Å². The fourth-order valence-corrected chi connectivity index (χ4v) is 4.31. The smallest absolute Gasteiger partial charge is 0.325 e. The molecule has 6 nitrogen and oxygen atoms in total. The van der Waals surface area contributed by atoms with Crippen LogP contribution in [0.5, 0.6) is 0 Å². The molecule has 0 aromatic carbocycles. The second kappa shape index (κ2) is 8.61. The predicted molar refractivity (Wildman–Crippen MR) is 102 cm³/mol. The molecule has 6 heteroatoms. The lowest BCUT2D eigenvalue weighted by atomic mass is 9.57. The third-order valence-electron chi connectivity index (χ3n) is 6.27. The Bertz CT molecular complexity index is 796. The number of carbonyl (C=O) groups is 2. The number of nitrogens with zero attached hydrogens (tertiary/aromatic N) is 2. The molecule has 0 N–H and O–H groups in total. The van der Waals surface area contributed by atoms with E-state index in [1.165, 1.54) is 0 Å². The van der Waals surface area contributed by atoms with Crippen molar-refractivity contribution in [2.24, 2.45) is 23.2 Å². The zero-order valence-electron chi connectivity index (χ0n) is 17.2. The number of rotatable bonds is 5. The lowest BCUT2D eigenvalue weighted by Gasteiger charge is -2.49. The summed E-state index contributed by atoms with van der Waals surface area (Å²) in [5.41, 5.74) is 1.68. The van der Waals surface area contributed by atoms with Gasteiger partial charge in [0.1, 0.15) is 12.8 Å². The number of nitriles is 2. The van der Waals surface area contributed by atoms with Crippen LogP contribution < -0.4 is 0 Å². The lowest BCUT2D eigenvalue weighted by molar-refractivity contribution is -0.157. The van der Waals surface area contributed by atoms with Crippen LogP contribution in [-0.4, -0.2) is 18.0 Å². The Morgan fingerprint density at radius 1 is 1.25 bits per heavy atom. The Morgan fingerprint density at radius 2 is 1.86 bits per heavy atom. The minimum atomic E-state index is -0.763. The molecule has 0 aliphatic heterocycles. The topological polar surface area (TPSA) is 100 Å². The summed E-state index contributed by atoms with van der Waals surface area (Å²) in [5.74, 6) is -0.246. The first kappa shape index (κ1) is 21.7. The van der Waals surface area contributed by atoms with Crippen molar-refractivity contribution in [2.45, 2.75) is 66.4 Å².